The Morgan fingerprint density at radius 1 is 1.04 bits per heavy atom. The van der Waals surface area contributed by atoms with Crippen LogP contribution in [0.15, 0.2) is 60.8 Å². The first-order valence-corrected chi connectivity index (χ1v) is 7.54. The number of anilines is 3. The second-order valence-electron chi connectivity index (χ2n) is 5.22. The van der Waals surface area contributed by atoms with Crippen molar-refractivity contribution in [2.75, 3.05) is 17.2 Å². The number of nitrogens with zero attached hydrogens (tertiary/aromatic N) is 2. The van der Waals surface area contributed by atoms with Crippen molar-refractivity contribution in [2.45, 2.75) is 0 Å². The average molecular weight is 336 g/mol. The van der Waals surface area contributed by atoms with Crippen molar-refractivity contribution >= 4 is 23.2 Å². The Morgan fingerprint density at radius 3 is 2.56 bits per heavy atom. The van der Waals surface area contributed by atoms with Gasteiger partial charge in [0.1, 0.15) is 12.4 Å². The molecule has 0 saturated heterocycles. The lowest BCUT2D eigenvalue weighted by Crippen LogP contribution is -2.15. The van der Waals surface area contributed by atoms with Crippen LogP contribution in [0.4, 0.5) is 17.3 Å². The third-order valence-corrected chi connectivity index (χ3v) is 3.37. The van der Waals surface area contributed by atoms with Crippen LogP contribution in [-0.4, -0.2) is 32.7 Å². The lowest BCUT2D eigenvalue weighted by Gasteiger charge is -2.08. The Morgan fingerprint density at radius 2 is 1.84 bits per heavy atom. The maximum Gasteiger partial charge on any atom is 0.250 e. The minimum Gasteiger partial charge on any atom is -0.508 e. The molecule has 2 aromatic carbocycles. The molecule has 0 unspecified atom stereocenters. The molecule has 4 N–H and O–H groups in total. The Balaban J connectivity index is 1.78. The van der Waals surface area contributed by atoms with Gasteiger partial charge in [-0.05, 0) is 30.3 Å². The van der Waals surface area contributed by atoms with Crippen LogP contribution in [0.5, 0.6) is 5.75 Å². The number of hydrogen-bond donors (Lipinski definition) is 4. The van der Waals surface area contributed by atoms with E-state index >= 15 is 0 Å². The normalized spacial score (nSPS) is 10.3. The van der Waals surface area contributed by atoms with Crippen LogP contribution in [-0.2, 0) is 4.79 Å². The smallest absolute Gasteiger partial charge is 0.250 e. The summed E-state index contributed by atoms with van der Waals surface area (Å²) in [4.78, 5) is 19.8. The molecule has 0 fully saturated rings. The molecular weight excluding hydrogens is 320 g/mol. The molecule has 7 heteroatoms. The summed E-state index contributed by atoms with van der Waals surface area (Å²) in [5.74, 6) is 0.0924. The zero-order valence-corrected chi connectivity index (χ0v) is 13.2. The van der Waals surface area contributed by atoms with Crippen molar-refractivity contribution in [2.24, 2.45) is 0 Å². The molecule has 1 heterocycles. The summed E-state index contributed by atoms with van der Waals surface area (Å²) < 4.78 is 0. The maximum atomic E-state index is 11.2. The third kappa shape index (κ3) is 4.30. The van der Waals surface area contributed by atoms with E-state index in [-0.39, 0.29) is 5.75 Å². The molecule has 0 aliphatic heterocycles. The maximum absolute atomic E-state index is 11.2. The summed E-state index contributed by atoms with van der Waals surface area (Å²) >= 11 is 0. The molecule has 0 aliphatic carbocycles. The zero-order chi connectivity index (χ0) is 17.6. The van der Waals surface area contributed by atoms with Gasteiger partial charge in [0.2, 0.25) is 11.9 Å². The molecule has 7 nitrogen and oxygen atoms in total. The quantitative estimate of drug-likeness (QED) is 0.570. The van der Waals surface area contributed by atoms with Crippen molar-refractivity contribution in [3.05, 3.63) is 60.8 Å². The minimum atomic E-state index is -0.558. The van der Waals surface area contributed by atoms with Crippen LogP contribution >= 0.6 is 0 Å². The summed E-state index contributed by atoms with van der Waals surface area (Å²) in [6.07, 6.45) is 1.63. The molecule has 0 saturated carbocycles. The molecule has 1 amide bonds. The molecule has 0 radical (unpaired) electrons. The van der Waals surface area contributed by atoms with E-state index in [1.165, 1.54) is 0 Å². The highest BCUT2D eigenvalue weighted by Gasteiger charge is 2.05. The van der Waals surface area contributed by atoms with Crippen LogP contribution in [0, 0.1) is 0 Å². The first-order valence-electron chi connectivity index (χ1n) is 7.54. The van der Waals surface area contributed by atoms with Crippen LogP contribution in [0.25, 0.3) is 11.3 Å². The first kappa shape index (κ1) is 16.4. The van der Waals surface area contributed by atoms with Gasteiger partial charge in [0.05, 0.1) is 5.69 Å². The fourth-order valence-electron chi connectivity index (χ4n) is 2.22. The van der Waals surface area contributed by atoms with Gasteiger partial charge in [0.25, 0.3) is 0 Å². The number of aliphatic hydroxyl groups is 1. The predicted octanol–water partition coefficient (Wildman–Crippen LogP) is 2.52. The number of nitrogens with one attached hydrogen (secondary N) is 2. The standard InChI is InChI=1S/C18H16N4O3/c23-11-17(25)20-13-6-4-12(5-7-13)16-8-9-19-18(22-16)21-14-2-1-3-15(24)10-14/h1-10,23-24H,11H2,(H,20,25)(H,19,21,22). The Kier molecular flexibility index (Phi) is 4.87. The summed E-state index contributed by atoms with van der Waals surface area (Å²) in [6, 6.07) is 15.5. The van der Waals surface area contributed by atoms with Crippen molar-refractivity contribution in [1.29, 1.82) is 0 Å². The molecule has 3 aromatic rings. The zero-order valence-electron chi connectivity index (χ0n) is 13.2. The third-order valence-electron chi connectivity index (χ3n) is 3.37. The molecule has 1 aromatic heterocycles. The number of aliphatic hydroxyl groups excluding tert-OH is 1. The lowest BCUT2D eigenvalue weighted by molar-refractivity contribution is -0.118. The molecule has 0 bridgehead atoms. The number of rotatable bonds is 5. The lowest BCUT2D eigenvalue weighted by atomic mass is 10.1. The highest BCUT2D eigenvalue weighted by atomic mass is 16.3. The second-order valence-corrected chi connectivity index (χ2v) is 5.22. The van der Waals surface area contributed by atoms with E-state index in [9.17, 15) is 9.90 Å². The molecule has 126 valence electrons. The van der Waals surface area contributed by atoms with Crippen molar-refractivity contribution < 1.29 is 15.0 Å². The number of phenols is 1. The fourth-order valence-corrected chi connectivity index (χ4v) is 2.22. The number of carbonyl (C=O) groups is 1. The van der Waals surface area contributed by atoms with Crippen LogP contribution in [0.3, 0.4) is 0 Å². The minimum absolute atomic E-state index is 0.154. The van der Waals surface area contributed by atoms with Gasteiger partial charge in [-0.3, -0.25) is 4.79 Å². The van der Waals surface area contributed by atoms with Crippen molar-refractivity contribution in [3.63, 3.8) is 0 Å². The molecule has 0 atom stereocenters. The Labute approximate surface area is 144 Å². The molecular formula is C18H16N4O3. The number of phenolic OH excluding ortho intramolecular Hbond substituents is 1. The van der Waals surface area contributed by atoms with Crippen molar-refractivity contribution in [1.82, 2.24) is 9.97 Å². The van der Waals surface area contributed by atoms with E-state index in [0.29, 0.717) is 23.0 Å². The topological polar surface area (TPSA) is 107 Å². The van der Waals surface area contributed by atoms with E-state index in [1.807, 2.05) is 12.1 Å². The summed E-state index contributed by atoms with van der Waals surface area (Å²) in [6.45, 7) is -0.558. The van der Waals surface area contributed by atoms with Crippen LogP contribution < -0.4 is 10.6 Å². The molecule has 0 aliphatic rings. The van der Waals surface area contributed by atoms with Gasteiger partial charge in [0, 0.05) is 29.2 Å². The van der Waals surface area contributed by atoms with Gasteiger partial charge in [-0.1, -0.05) is 18.2 Å². The summed E-state index contributed by atoms with van der Waals surface area (Å²) in [5.41, 5.74) is 2.83. The van der Waals surface area contributed by atoms with Gasteiger partial charge in [-0.15, -0.1) is 0 Å². The van der Waals surface area contributed by atoms with E-state index < -0.39 is 12.5 Å². The predicted molar refractivity (Wildman–Crippen MR) is 94.6 cm³/mol. The van der Waals surface area contributed by atoms with Gasteiger partial charge in [0.15, 0.2) is 0 Å². The number of amides is 1. The first-order chi connectivity index (χ1) is 12.1. The van der Waals surface area contributed by atoms with Gasteiger partial charge in [-0.25, -0.2) is 9.97 Å². The molecule has 25 heavy (non-hydrogen) atoms. The number of carbonyl (C=O) groups excluding carboxylic acids is 1. The fraction of sp³-hybridized carbons (Fsp3) is 0.0556. The summed E-state index contributed by atoms with van der Waals surface area (Å²) in [7, 11) is 0. The van der Waals surface area contributed by atoms with Gasteiger partial charge >= 0.3 is 0 Å². The van der Waals surface area contributed by atoms with E-state index in [1.54, 1.807) is 48.7 Å². The average Bonchev–Trinajstić information content (AvgIpc) is 2.62. The van der Waals surface area contributed by atoms with Gasteiger partial charge < -0.3 is 20.8 Å². The number of benzene rings is 2. The summed E-state index contributed by atoms with van der Waals surface area (Å²) in [5, 5.41) is 23.8. The molecule has 3 rings (SSSR count). The van der Waals surface area contributed by atoms with E-state index in [0.717, 1.165) is 5.56 Å². The largest absolute Gasteiger partial charge is 0.508 e. The number of hydrogen-bond acceptors (Lipinski definition) is 6. The Bertz CT molecular complexity index is 881. The van der Waals surface area contributed by atoms with Crippen molar-refractivity contribution in [3.8, 4) is 17.0 Å². The number of aromatic nitrogens is 2. The highest BCUT2D eigenvalue weighted by Crippen LogP contribution is 2.22. The molecule has 0 spiro atoms. The van der Waals surface area contributed by atoms with Crippen LogP contribution in [0.1, 0.15) is 0 Å². The van der Waals surface area contributed by atoms with E-state index in [4.69, 9.17) is 5.11 Å². The second kappa shape index (κ2) is 7.41. The van der Waals surface area contributed by atoms with Crippen LogP contribution in [0.2, 0.25) is 0 Å². The Hall–Kier alpha value is -3.45. The number of aromatic hydroxyl groups is 1. The SMILES string of the molecule is O=C(CO)Nc1ccc(-c2ccnc(Nc3cccc(O)c3)n2)cc1. The van der Waals surface area contributed by atoms with Gasteiger partial charge in [-0.2, -0.15) is 0 Å². The van der Waals surface area contributed by atoms with E-state index in [2.05, 4.69) is 20.6 Å². The highest BCUT2D eigenvalue weighted by molar-refractivity contribution is 5.91. The monoisotopic (exact) mass is 336 g/mol.